The van der Waals surface area contributed by atoms with Gasteiger partial charge in [0.15, 0.2) is 0 Å². The van der Waals surface area contributed by atoms with Gasteiger partial charge in [0.05, 0.1) is 0 Å². The van der Waals surface area contributed by atoms with E-state index in [0.29, 0.717) is 12.3 Å². The average molecular weight is 217 g/mol. The first-order valence-corrected chi connectivity index (χ1v) is 5.18. The van der Waals surface area contributed by atoms with Crippen molar-refractivity contribution in [1.82, 2.24) is 9.78 Å². The molecule has 1 aromatic carbocycles. The molecule has 1 heterocycles. The van der Waals surface area contributed by atoms with Crippen molar-refractivity contribution in [1.29, 1.82) is 0 Å². The SMILES string of the molecule is Cc1cccc(CNc2ccn(C)n2)c1O. The molecule has 16 heavy (non-hydrogen) atoms. The van der Waals surface area contributed by atoms with Crippen LogP contribution in [0.3, 0.4) is 0 Å². The summed E-state index contributed by atoms with van der Waals surface area (Å²) in [6.45, 7) is 2.46. The molecule has 0 atom stereocenters. The van der Waals surface area contributed by atoms with Crippen molar-refractivity contribution >= 4 is 5.82 Å². The highest BCUT2D eigenvalue weighted by atomic mass is 16.3. The third-order valence-electron chi connectivity index (χ3n) is 2.49. The van der Waals surface area contributed by atoms with Crippen molar-refractivity contribution in [3.05, 3.63) is 41.6 Å². The Labute approximate surface area is 94.5 Å². The lowest BCUT2D eigenvalue weighted by molar-refractivity contribution is 0.465. The zero-order chi connectivity index (χ0) is 11.5. The molecule has 0 aliphatic rings. The van der Waals surface area contributed by atoms with E-state index in [9.17, 15) is 5.11 Å². The third kappa shape index (κ3) is 2.16. The predicted octanol–water partition coefficient (Wildman–Crippen LogP) is 2.05. The Kier molecular flexibility index (Phi) is 2.81. The van der Waals surface area contributed by atoms with Crippen LogP contribution in [0.2, 0.25) is 0 Å². The fourth-order valence-corrected chi connectivity index (χ4v) is 1.56. The number of nitrogens with zero attached hydrogens (tertiary/aromatic N) is 2. The molecule has 2 rings (SSSR count). The second-order valence-electron chi connectivity index (χ2n) is 3.81. The number of benzene rings is 1. The van der Waals surface area contributed by atoms with Gasteiger partial charge in [0.25, 0.3) is 0 Å². The van der Waals surface area contributed by atoms with Gasteiger partial charge in [-0.15, -0.1) is 0 Å². The molecule has 0 saturated carbocycles. The standard InChI is InChI=1S/C12H15N3O/c1-9-4-3-5-10(12(9)16)8-13-11-6-7-15(2)14-11/h3-7,16H,8H2,1-2H3,(H,13,14). The number of hydrogen-bond acceptors (Lipinski definition) is 3. The first-order valence-electron chi connectivity index (χ1n) is 5.18. The van der Waals surface area contributed by atoms with Crippen molar-refractivity contribution in [3.63, 3.8) is 0 Å². The lowest BCUT2D eigenvalue weighted by Crippen LogP contribution is -2.01. The summed E-state index contributed by atoms with van der Waals surface area (Å²) in [5.74, 6) is 1.16. The smallest absolute Gasteiger partial charge is 0.148 e. The van der Waals surface area contributed by atoms with Gasteiger partial charge in [-0.25, -0.2) is 0 Å². The largest absolute Gasteiger partial charge is 0.507 e. The van der Waals surface area contributed by atoms with Crippen molar-refractivity contribution in [3.8, 4) is 5.75 Å². The first-order chi connectivity index (χ1) is 7.66. The molecule has 0 bridgehead atoms. The summed E-state index contributed by atoms with van der Waals surface area (Å²) in [5.41, 5.74) is 1.77. The normalized spacial score (nSPS) is 10.4. The van der Waals surface area contributed by atoms with Crippen molar-refractivity contribution in [2.24, 2.45) is 7.05 Å². The number of phenols is 1. The molecule has 1 aromatic heterocycles. The number of aromatic hydroxyl groups is 1. The summed E-state index contributed by atoms with van der Waals surface area (Å²) < 4.78 is 1.73. The van der Waals surface area contributed by atoms with Gasteiger partial charge in [-0.05, 0) is 12.5 Å². The van der Waals surface area contributed by atoms with Crippen LogP contribution in [0, 0.1) is 6.92 Å². The molecule has 0 amide bonds. The topological polar surface area (TPSA) is 50.1 Å². The van der Waals surface area contributed by atoms with Crippen LogP contribution in [0.25, 0.3) is 0 Å². The fraction of sp³-hybridized carbons (Fsp3) is 0.250. The summed E-state index contributed by atoms with van der Waals surface area (Å²) >= 11 is 0. The summed E-state index contributed by atoms with van der Waals surface area (Å²) in [5, 5.41) is 17.2. The number of aromatic nitrogens is 2. The monoisotopic (exact) mass is 217 g/mol. The summed E-state index contributed by atoms with van der Waals surface area (Å²) in [7, 11) is 1.87. The zero-order valence-corrected chi connectivity index (χ0v) is 9.44. The maximum absolute atomic E-state index is 9.82. The van der Waals surface area contributed by atoms with Gasteiger partial charge < -0.3 is 10.4 Å². The van der Waals surface area contributed by atoms with Crippen molar-refractivity contribution in [2.75, 3.05) is 5.32 Å². The van der Waals surface area contributed by atoms with Crippen molar-refractivity contribution in [2.45, 2.75) is 13.5 Å². The number of nitrogens with one attached hydrogen (secondary N) is 1. The van der Waals surface area contributed by atoms with Crippen LogP contribution in [0.5, 0.6) is 5.75 Å². The second kappa shape index (κ2) is 4.26. The lowest BCUT2D eigenvalue weighted by atomic mass is 10.1. The summed E-state index contributed by atoms with van der Waals surface area (Å²) in [4.78, 5) is 0. The quantitative estimate of drug-likeness (QED) is 0.827. The van der Waals surface area contributed by atoms with Crippen LogP contribution in [-0.4, -0.2) is 14.9 Å². The number of phenolic OH excluding ortho intramolecular Hbond substituents is 1. The first kappa shape index (κ1) is 10.5. The van der Waals surface area contributed by atoms with E-state index in [1.54, 1.807) is 4.68 Å². The van der Waals surface area contributed by atoms with Gasteiger partial charge in [-0.2, -0.15) is 5.10 Å². The number of anilines is 1. The minimum atomic E-state index is 0.353. The highest BCUT2D eigenvalue weighted by Crippen LogP contribution is 2.21. The molecule has 0 saturated heterocycles. The maximum atomic E-state index is 9.82. The molecule has 2 N–H and O–H groups in total. The minimum absolute atomic E-state index is 0.353. The molecule has 4 nitrogen and oxygen atoms in total. The van der Waals surface area contributed by atoms with E-state index in [1.165, 1.54) is 0 Å². The second-order valence-corrected chi connectivity index (χ2v) is 3.81. The molecular weight excluding hydrogens is 202 g/mol. The molecule has 0 radical (unpaired) electrons. The Morgan fingerprint density at radius 2 is 2.19 bits per heavy atom. The Bertz CT molecular complexity index is 491. The maximum Gasteiger partial charge on any atom is 0.148 e. The molecule has 0 spiro atoms. The average Bonchev–Trinajstić information content (AvgIpc) is 2.67. The Hall–Kier alpha value is -1.97. The van der Waals surface area contributed by atoms with Gasteiger partial charge in [0.2, 0.25) is 0 Å². The van der Waals surface area contributed by atoms with Crippen LogP contribution in [0.4, 0.5) is 5.82 Å². The number of hydrogen-bond donors (Lipinski definition) is 2. The lowest BCUT2D eigenvalue weighted by Gasteiger charge is -2.07. The Morgan fingerprint density at radius 3 is 2.88 bits per heavy atom. The van der Waals surface area contributed by atoms with Crippen LogP contribution in [-0.2, 0) is 13.6 Å². The Balaban J connectivity index is 2.07. The summed E-state index contributed by atoms with van der Waals surface area (Å²) in [6.07, 6.45) is 1.87. The number of rotatable bonds is 3. The van der Waals surface area contributed by atoms with Gasteiger partial charge in [0.1, 0.15) is 11.6 Å². The van der Waals surface area contributed by atoms with Crippen LogP contribution < -0.4 is 5.32 Å². The predicted molar refractivity (Wildman–Crippen MR) is 63.4 cm³/mol. The fourth-order valence-electron chi connectivity index (χ4n) is 1.56. The highest BCUT2D eigenvalue weighted by molar-refractivity contribution is 5.42. The van der Waals surface area contributed by atoms with Gasteiger partial charge in [0, 0.05) is 31.4 Å². The molecule has 2 aromatic rings. The van der Waals surface area contributed by atoms with Crippen LogP contribution in [0.1, 0.15) is 11.1 Å². The van der Waals surface area contributed by atoms with E-state index in [1.807, 2.05) is 44.4 Å². The molecule has 0 aliphatic carbocycles. The van der Waals surface area contributed by atoms with Gasteiger partial charge >= 0.3 is 0 Å². The van der Waals surface area contributed by atoms with E-state index in [-0.39, 0.29) is 0 Å². The van der Waals surface area contributed by atoms with E-state index >= 15 is 0 Å². The van der Waals surface area contributed by atoms with Crippen LogP contribution in [0.15, 0.2) is 30.5 Å². The minimum Gasteiger partial charge on any atom is -0.507 e. The number of aryl methyl sites for hydroxylation is 2. The van der Waals surface area contributed by atoms with Crippen LogP contribution >= 0.6 is 0 Å². The summed E-state index contributed by atoms with van der Waals surface area (Å²) in [6, 6.07) is 7.62. The van der Waals surface area contributed by atoms with E-state index in [4.69, 9.17) is 0 Å². The van der Waals surface area contributed by atoms with E-state index in [0.717, 1.165) is 16.9 Å². The van der Waals surface area contributed by atoms with E-state index < -0.39 is 0 Å². The Morgan fingerprint density at radius 1 is 1.38 bits per heavy atom. The molecule has 0 fully saturated rings. The molecular formula is C12H15N3O. The highest BCUT2D eigenvalue weighted by Gasteiger charge is 2.03. The van der Waals surface area contributed by atoms with Gasteiger partial charge in [-0.1, -0.05) is 18.2 Å². The van der Waals surface area contributed by atoms with Crippen molar-refractivity contribution < 1.29 is 5.11 Å². The third-order valence-corrected chi connectivity index (χ3v) is 2.49. The zero-order valence-electron chi connectivity index (χ0n) is 9.44. The molecule has 0 unspecified atom stereocenters. The van der Waals surface area contributed by atoms with Gasteiger partial charge in [-0.3, -0.25) is 4.68 Å². The molecule has 84 valence electrons. The molecule has 4 heteroatoms. The van der Waals surface area contributed by atoms with E-state index in [2.05, 4.69) is 10.4 Å². The molecule has 0 aliphatic heterocycles. The number of para-hydroxylation sites is 1.